The number of nitrogens with zero attached hydrogens (tertiary/aromatic N) is 3. The second-order valence-electron chi connectivity index (χ2n) is 7.04. The molecule has 8 nitrogen and oxygen atoms in total. The van der Waals surface area contributed by atoms with E-state index in [2.05, 4.69) is 10.1 Å². The molecular formula is C21H23N3O5S. The molecule has 0 amide bonds. The maximum atomic E-state index is 12.9. The van der Waals surface area contributed by atoms with E-state index < -0.39 is 10.0 Å². The molecule has 1 fully saturated rings. The summed E-state index contributed by atoms with van der Waals surface area (Å²) in [5, 5.41) is 4.08. The number of piperidine rings is 1. The van der Waals surface area contributed by atoms with Gasteiger partial charge in [0, 0.05) is 24.6 Å². The number of methoxy groups -OCH3 is 2. The molecule has 9 heteroatoms. The van der Waals surface area contributed by atoms with Gasteiger partial charge in [0.1, 0.15) is 11.5 Å². The van der Waals surface area contributed by atoms with E-state index in [1.807, 2.05) is 24.3 Å². The highest BCUT2D eigenvalue weighted by Gasteiger charge is 2.32. The summed E-state index contributed by atoms with van der Waals surface area (Å²) in [4.78, 5) is 4.79. The Kier molecular flexibility index (Phi) is 5.74. The van der Waals surface area contributed by atoms with Crippen LogP contribution in [0.25, 0.3) is 11.4 Å². The van der Waals surface area contributed by atoms with Crippen LogP contribution in [-0.4, -0.2) is 50.2 Å². The van der Waals surface area contributed by atoms with Crippen LogP contribution in [0.5, 0.6) is 11.5 Å². The molecule has 0 bridgehead atoms. The molecule has 0 spiro atoms. The first-order valence-electron chi connectivity index (χ1n) is 9.63. The Labute approximate surface area is 175 Å². The Balaban J connectivity index is 1.44. The van der Waals surface area contributed by atoms with Crippen molar-refractivity contribution < 1.29 is 22.4 Å². The first kappa shape index (κ1) is 20.4. The van der Waals surface area contributed by atoms with Gasteiger partial charge in [-0.1, -0.05) is 17.3 Å². The fourth-order valence-electron chi connectivity index (χ4n) is 3.52. The van der Waals surface area contributed by atoms with Crippen molar-refractivity contribution in [3.05, 3.63) is 54.4 Å². The summed E-state index contributed by atoms with van der Waals surface area (Å²) in [5.74, 6) is 2.40. The van der Waals surface area contributed by atoms with Gasteiger partial charge >= 0.3 is 0 Å². The first-order valence-corrected chi connectivity index (χ1v) is 11.1. The van der Waals surface area contributed by atoms with E-state index in [-0.39, 0.29) is 10.8 Å². The predicted octanol–water partition coefficient (Wildman–Crippen LogP) is 3.32. The Morgan fingerprint density at radius 3 is 2.37 bits per heavy atom. The Morgan fingerprint density at radius 2 is 1.70 bits per heavy atom. The zero-order valence-corrected chi connectivity index (χ0v) is 17.6. The van der Waals surface area contributed by atoms with E-state index in [4.69, 9.17) is 14.0 Å². The summed E-state index contributed by atoms with van der Waals surface area (Å²) >= 11 is 0. The van der Waals surface area contributed by atoms with Gasteiger partial charge in [-0.15, -0.1) is 0 Å². The van der Waals surface area contributed by atoms with Gasteiger partial charge in [-0.3, -0.25) is 0 Å². The van der Waals surface area contributed by atoms with Crippen molar-refractivity contribution >= 4 is 10.0 Å². The third kappa shape index (κ3) is 4.03. The molecule has 2 aromatic carbocycles. The van der Waals surface area contributed by atoms with E-state index >= 15 is 0 Å². The largest absolute Gasteiger partial charge is 0.497 e. The molecule has 0 N–H and O–H groups in total. The molecule has 1 aliphatic heterocycles. The SMILES string of the molecule is COc1ccc(S(=O)(=O)N2CCC(c3nc(-c4cccc(OC)c4)no3)CC2)cc1. The molecule has 0 aliphatic carbocycles. The minimum atomic E-state index is -3.54. The number of rotatable bonds is 6. The van der Waals surface area contributed by atoms with Gasteiger partial charge in [-0.25, -0.2) is 8.42 Å². The highest BCUT2D eigenvalue weighted by atomic mass is 32.2. The first-order chi connectivity index (χ1) is 14.5. The maximum Gasteiger partial charge on any atom is 0.243 e. The third-order valence-electron chi connectivity index (χ3n) is 5.27. The van der Waals surface area contributed by atoms with Crippen LogP contribution in [0.3, 0.4) is 0 Å². The van der Waals surface area contributed by atoms with Crippen LogP contribution < -0.4 is 9.47 Å². The molecule has 3 aromatic rings. The van der Waals surface area contributed by atoms with Crippen molar-refractivity contribution in [1.29, 1.82) is 0 Å². The lowest BCUT2D eigenvalue weighted by molar-refractivity contribution is 0.270. The normalized spacial score (nSPS) is 15.8. The van der Waals surface area contributed by atoms with Crippen molar-refractivity contribution in [2.45, 2.75) is 23.7 Å². The monoisotopic (exact) mass is 429 g/mol. The third-order valence-corrected chi connectivity index (χ3v) is 7.18. The van der Waals surface area contributed by atoms with Gasteiger partial charge in [0.2, 0.25) is 21.7 Å². The Hall–Kier alpha value is -2.91. The summed E-state index contributed by atoms with van der Waals surface area (Å²) in [6.07, 6.45) is 1.24. The highest BCUT2D eigenvalue weighted by molar-refractivity contribution is 7.89. The second-order valence-corrected chi connectivity index (χ2v) is 8.98. The molecule has 1 aliphatic rings. The Morgan fingerprint density at radius 1 is 1.00 bits per heavy atom. The fraction of sp³-hybridized carbons (Fsp3) is 0.333. The molecule has 2 heterocycles. The molecule has 0 radical (unpaired) electrons. The lowest BCUT2D eigenvalue weighted by Crippen LogP contribution is -2.37. The zero-order valence-electron chi connectivity index (χ0n) is 16.8. The average molecular weight is 429 g/mol. The van der Waals surface area contributed by atoms with Crippen LogP contribution in [0.1, 0.15) is 24.7 Å². The summed E-state index contributed by atoms with van der Waals surface area (Å²) < 4.78 is 43.1. The van der Waals surface area contributed by atoms with Crippen LogP contribution in [-0.2, 0) is 10.0 Å². The zero-order chi connectivity index (χ0) is 21.1. The molecule has 0 saturated carbocycles. The summed E-state index contributed by atoms with van der Waals surface area (Å²) in [6.45, 7) is 0.797. The number of ether oxygens (including phenoxy) is 2. The van der Waals surface area contributed by atoms with E-state index in [9.17, 15) is 8.42 Å². The summed E-state index contributed by atoms with van der Waals surface area (Å²) in [7, 11) is -0.388. The van der Waals surface area contributed by atoms with Crippen LogP contribution in [0.2, 0.25) is 0 Å². The Bertz CT molecular complexity index is 1100. The van der Waals surface area contributed by atoms with Crippen molar-refractivity contribution in [1.82, 2.24) is 14.4 Å². The van der Waals surface area contributed by atoms with E-state index in [1.54, 1.807) is 38.5 Å². The molecule has 4 rings (SSSR count). The van der Waals surface area contributed by atoms with Crippen molar-refractivity contribution in [2.24, 2.45) is 0 Å². The summed E-state index contributed by atoms with van der Waals surface area (Å²) in [5.41, 5.74) is 0.809. The average Bonchev–Trinajstić information content (AvgIpc) is 3.29. The van der Waals surface area contributed by atoms with Crippen LogP contribution >= 0.6 is 0 Å². The number of hydrogen-bond donors (Lipinski definition) is 0. The van der Waals surface area contributed by atoms with Crippen molar-refractivity contribution in [3.8, 4) is 22.9 Å². The molecular weight excluding hydrogens is 406 g/mol. The standard InChI is InChI=1S/C21H23N3O5S/c1-27-17-6-8-19(9-7-17)30(25,26)24-12-10-15(11-13-24)21-22-20(23-29-21)16-4-3-5-18(14-16)28-2/h3-9,14-15H,10-13H2,1-2H3. The van der Waals surface area contributed by atoms with E-state index in [0.29, 0.717) is 43.4 Å². The van der Waals surface area contributed by atoms with Crippen LogP contribution in [0.4, 0.5) is 0 Å². The van der Waals surface area contributed by atoms with Gasteiger partial charge in [-0.05, 0) is 49.2 Å². The molecule has 1 aromatic heterocycles. The fourth-order valence-corrected chi connectivity index (χ4v) is 4.99. The molecule has 0 unspecified atom stereocenters. The van der Waals surface area contributed by atoms with Gasteiger partial charge in [0.15, 0.2) is 0 Å². The minimum Gasteiger partial charge on any atom is -0.497 e. The van der Waals surface area contributed by atoms with Crippen molar-refractivity contribution in [2.75, 3.05) is 27.3 Å². The number of hydrogen-bond acceptors (Lipinski definition) is 7. The second kappa shape index (κ2) is 8.45. The van der Waals surface area contributed by atoms with Crippen LogP contribution in [0.15, 0.2) is 57.9 Å². The predicted molar refractivity (Wildman–Crippen MR) is 110 cm³/mol. The topological polar surface area (TPSA) is 94.8 Å². The number of benzene rings is 2. The lowest BCUT2D eigenvalue weighted by atomic mass is 9.98. The van der Waals surface area contributed by atoms with Crippen LogP contribution in [0, 0.1) is 0 Å². The molecule has 0 atom stereocenters. The number of sulfonamides is 1. The quantitative estimate of drug-likeness (QED) is 0.593. The van der Waals surface area contributed by atoms with Crippen molar-refractivity contribution in [3.63, 3.8) is 0 Å². The summed E-state index contributed by atoms with van der Waals surface area (Å²) in [6, 6.07) is 13.9. The molecule has 30 heavy (non-hydrogen) atoms. The maximum absolute atomic E-state index is 12.9. The molecule has 1 saturated heterocycles. The lowest BCUT2D eigenvalue weighted by Gasteiger charge is -2.29. The van der Waals surface area contributed by atoms with Gasteiger partial charge in [0.25, 0.3) is 0 Å². The highest BCUT2D eigenvalue weighted by Crippen LogP contribution is 2.31. The smallest absolute Gasteiger partial charge is 0.243 e. The number of aromatic nitrogens is 2. The molecule has 158 valence electrons. The van der Waals surface area contributed by atoms with Gasteiger partial charge < -0.3 is 14.0 Å². The van der Waals surface area contributed by atoms with E-state index in [1.165, 1.54) is 4.31 Å². The van der Waals surface area contributed by atoms with Gasteiger partial charge in [0.05, 0.1) is 19.1 Å². The van der Waals surface area contributed by atoms with Gasteiger partial charge in [-0.2, -0.15) is 9.29 Å². The van der Waals surface area contributed by atoms with E-state index in [0.717, 1.165) is 11.3 Å². The minimum absolute atomic E-state index is 0.0270.